The number of amides is 1. The molecule has 1 atom stereocenters. The number of halogens is 4. The Morgan fingerprint density at radius 2 is 2.00 bits per heavy atom. The molecule has 0 bridgehead atoms. The van der Waals surface area contributed by atoms with E-state index in [0.717, 1.165) is 6.07 Å². The third-order valence-electron chi connectivity index (χ3n) is 3.14. The van der Waals surface area contributed by atoms with Crippen LogP contribution in [0.5, 0.6) is 0 Å². The van der Waals surface area contributed by atoms with E-state index in [1.165, 1.54) is 12.1 Å². The Kier molecular flexibility index (Phi) is 4.34. The van der Waals surface area contributed by atoms with E-state index in [4.69, 9.17) is 0 Å². The number of carbonyl (C=O) groups is 1. The van der Waals surface area contributed by atoms with Gasteiger partial charge in [0.1, 0.15) is 0 Å². The summed E-state index contributed by atoms with van der Waals surface area (Å²) in [6.45, 7) is 0. The third-order valence-corrected chi connectivity index (χ3v) is 5.60. The van der Waals surface area contributed by atoms with E-state index in [1.54, 1.807) is 0 Å². The summed E-state index contributed by atoms with van der Waals surface area (Å²) in [7, 11) is -3.22. The Labute approximate surface area is 127 Å². The highest BCUT2D eigenvalue weighted by Crippen LogP contribution is 2.36. The van der Waals surface area contributed by atoms with Crippen LogP contribution in [-0.2, 0) is 20.8 Å². The summed E-state index contributed by atoms with van der Waals surface area (Å²) < 4.78 is 60.7. The van der Waals surface area contributed by atoms with Crippen molar-refractivity contribution >= 4 is 37.4 Å². The molecular formula is C12H11BrF3NO3S. The number of hydrogen-bond donors (Lipinski definition) is 1. The van der Waals surface area contributed by atoms with Gasteiger partial charge in [-0.25, -0.2) is 8.42 Å². The molecule has 0 spiro atoms. The molecule has 1 saturated heterocycles. The lowest BCUT2D eigenvalue weighted by molar-refractivity contribution is -0.138. The molecule has 0 saturated carbocycles. The predicted octanol–water partition coefficient (Wildman–Crippen LogP) is 2.84. The van der Waals surface area contributed by atoms with Crippen molar-refractivity contribution in [3.63, 3.8) is 0 Å². The Morgan fingerprint density at radius 1 is 1.33 bits per heavy atom. The summed E-state index contributed by atoms with van der Waals surface area (Å²) in [4.78, 5) is 11.9. The minimum absolute atomic E-state index is 0.0141. The van der Waals surface area contributed by atoms with Gasteiger partial charge >= 0.3 is 6.18 Å². The molecule has 1 aliphatic rings. The van der Waals surface area contributed by atoms with E-state index < -0.39 is 33.4 Å². The van der Waals surface area contributed by atoms with Crippen molar-refractivity contribution in [2.24, 2.45) is 5.92 Å². The van der Waals surface area contributed by atoms with Gasteiger partial charge in [0.2, 0.25) is 5.91 Å². The lowest BCUT2D eigenvalue weighted by Gasteiger charge is -2.13. The number of hydrogen-bond acceptors (Lipinski definition) is 3. The maximum Gasteiger partial charge on any atom is 0.417 e. The van der Waals surface area contributed by atoms with E-state index in [2.05, 4.69) is 21.2 Å². The van der Waals surface area contributed by atoms with E-state index in [0.29, 0.717) is 0 Å². The van der Waals surface area contributed by atoms with Crippen LogP contribution in [0.1, 0.15) is 12.0 Å². The number of rotatable bonds is 2. The van der Waals surface area contributed by atoms with Crippen molar-refractivity contribution in [1.82, 2.24) is 0 Å². The predicted molar refractivity (Wildman–Crippen MR) is 74.5 cm³/mol. The molecule has 1 aromatic carbocycles. The molecule has 9 heteroatoms. The second-order valence-corrected chi connectivity index (χ2v) is 7.86. The fourth-order valence-electron chi connectivity index (χ4n) is 2.07. The maximum atomic E-state index is 12.7. The Balaban J connectivity index is 2.15. The van der Waals surface area contributed by atoms with Crippen molar-refractivity contribution in [2.45, 2.75) is 12.6 Å². The molecule has 0 radical (unpaired) electrons. The van der Waals surface area contributed by atoms with Crippen LogP contribution in [0.15, 0.2) is 22.7 Å². The van der Waals surface area contributed by atoms with Gasteiger partial charge in [-0.1, -0.05) is 15.9 Å². The molecule has 2 rings (SSSR count). The molecule has 1 N–H and O–H groups in total. The van der Waals surface area contributed by atoms with Crippen LogP contribution in [0.4, 0.5) is 18.9 Å². The summed E-state index contributed by atoms with van der Waals surface area (Å²) >= 11 is 2.80. The van der Waals surface area contributed by atoms with Gasteiger partial charge < -0.3 is 5.32 Å². The highest BCUT2D eigenvalue weighted by molar-refractivity contribution is 9.10. The highest BCUT2D eigenvalue weighted by Gasteiger charge is 2.35. The summed E-state index contributed by atoms with van der Waals surface area (Å²) in [5.74, 6) is -1.62. The molecule has 0 aliphatic carbocycles. The van der Waals surface area contributed by atoms with Crippen LogP contribution in [0.3, 0.4) is 0 Å². The zero-order valence-corrected chi connectivity index (χ0v) is 13.0. The van der Waals surface area contributed by atoms with Crippen LogP contribution in [0.2, 0.25) is 0 Å². The topological polar surface area (TPSA) is 63.2 Å². The molecule has 4 nitrogen and oxygen atoms in total. The molecule has 116 valence electrons. The van der Waals surface area contributed by atoms with Gasteiger partial charge in [0.15, 0.2) is 9.84 Å². The normalized spacial score (nSPS) is 21.2. The molecule has 1 aromatic rings. The molecule has 0 aromatic heterocycles. The maximum absolute atomic E-state index is 12.7. The van der Waals surface area contributed by atoms with Crippen LogP contribution in [0, 0.1) is 5.92 Å². The van der Waals surface area contributed by atoms with Gasteiger partial charge in [0.25, 0.3) is 0 Å². The molecule has 21 heavy (non-hydrogen) atoms. The van der Waals surface area contributed by atoms with Crippen molar-refractivity contribution in [1.29, 1.82) is 0 Å². The summed E-state index contributed by atoms with van der Waals surface area (Å²) in [5.41, 5.74) is -0.917. The summed E-state index contributed by atoms with van der Waals surface area (Å²) in [6.07, 6.45) is -4.35. The molecule has 1 amide bonds. The van der Waals surface area contributed by atoms with Crippen LogP contribution >= 0.6 is 15.9 Å². The first-order valence-corrected chi connectivity index (χ1v) is 8.58. The minimum atomic E-state index is -4.55. The van der Waals surface area contributed by atoms with E-state index in [1.807, 2.05) is 0 Å². The third kappa shape index (κ3) is 3.97. The average molecular weight is 386 g/mol. The Bertz CT molecular complexity index is 673. The largest absolute Gasteiger partial charge is 0.417 e. The standard InChI is InChI=1S/C12H11BrF3NO3S/c13-10-2-1-8(5-9(10)12(14,15)16)17-11(18)7-3-4-21(19,20)6-7/h1-2,5,7H,3-4,6H2,(H,17,18)/t7-/m0/s1. The fraction of sp³-hybridized carbons (Fsp3) is 0.417. The van der Waals surface area contributed by atoms with E-state index in [9.17, 15) is 26.4 Å². The molecule has 1 aliphatic heterocycles. The Hall–Kier alpha value is -1.09. The molecular weight excluding hydrogens is 375 g/mol. The Morgan fingerprint density at radius 3 is 2.52 bits per heavy atom. The van der Waals surface area contributed by atoms with E-state index in [-0.39, 0.29) is 28.1 Å². The second kappa shape index (κ2) is 5.60. The van der Waals surface area contributed by atoms with Crippen molar-refractivity contribution < 1.29 is 26.4 Å². The van der Waals surface area contributed by atoms with Gasteiger partial charge in [0.05, 0.1) is 23.0 Å². The quantitative estimate of drug-likeness (QED) is 0.851. The molecule has 1 heterocycles. The number of benzene rings is 1. The van der Waals surface area contributed by atoms with Gasteiger partial charge in [-0.2, -0.15) is 13.2 Å². The van der Waals surface area contributed by atoms with Gasteiger partial charge in [-0.05, 0) is 24.6 Å². The zero-order valence-electron chi connectivity index (χ0n) is 10.6. The lowest BCUT2D eigenvalue weighted by atomic mass is 10.1. The fourth-order valence-corrected chi connectivity index (χ4v) is 4.28. The molecule has 1 fully saturated rings. The first-order valence-electron chi connectivity index (χ1n) is 5.96. The number of nitrogens with one attached hydrogen (secondary N) is 1. The lowest BCUT2D eigenvalue weighted by Crippen LogP contribution is -2.24. The summed E-state index contributed by atoms with van der Waals surface area (Å²) in [5, 5.41) is 2.34. The minimum Gasteiger partial charge on any atom is -0.326 e. The van der Waals surface area contributed by atoms with Gasteiger partial charge in [-0.15, -0.1) is 0 Å². The van der Waals surface area contributed by atoms with Crippen LogP contribution < -0.4 is 5.32 Å². The van der Waals surface area contributed by atoms with Crippen LogP contribution in [-0.4, -0.2) is 25.8 Å². The number of sulfone groups is 1. The highest BCUT2D eigenvalue weighted by atomic mass is 79.9. The van der Waals surface area contributed by atoms with Crippen molar-refractivity contribution in [3.8, 4) is 0 Å². The smallest absolute Gasteiger partial charge is 0.326 e. The SMILES string of the molecule is O=C(Nc1ccc(Br)c(C(F)(F)F)c1)[C@H]1CCS(=O)(=O)C1. The first kappa shape index (κ1) is 16.3. The summed E-state index contributed by atoms with van der Waals surface area (Å²) in [6, 6.07) is 3.32. The average Bonchev–Trinajstić information content (AvgIpc) is 2.71. The second-order valence-electron chi connectivity index (χ2n) is 4.78. The van der Waals surface area contributed by atoms with Gasteiger partial charge in [0, 0.05) is 10.2 Å². The zero-order chi connectivity index (χ0) is 15.8. The monoisotopic (exact) mass is 385 g/mol. The first-order chi connectivity index (χ1) is 9.58. The van der Waals surface area contributed by atoms with E-state index >= 15 is 0 Å². The van der Waals surface area contributed by atoms with Crippen LogP contribution in [0.25, 0.3) is 0 Å². The number of alkyl halides is 3. The number of carbonyl (C=O) groups excluding carboxylic acids is 1. The number of anilines is 1. The van der Waals surface area contributed by atoms with Crippen molar-refractivity contribution in [3.05, 3.63) is 28.2 Å². The van der Waals surface area contributed by atoms with Gasteiger partial charge in [-0.3, -0.25) is 4.79 Å². The molecule has 0 unspecified atom stereocenters. The van der Waals surface area contributed by atoms with Crippen molar-refractivity contribution in [2.75, 3.05) is 16.8 Å².